The van der Waals surface area contributed by atoms with Crippen molar-refractivity contribution in [3.63, 3.8) is 0 Å². The van der Waals surface area contributed by atoms with E-state index in [4.69, 9.17) is 5.53 Å². The molecule has 0 radical (unpaired) electrons. The van der Waals surface area contributed by atoms with E-state index in [1.165, 1.54) is 0 Å². The molecule has 7 nitrogen and oxygen atoms in total. The van der Waals surface area contributed by atoms with Crippen LogP contribution in [-0.2, 0) is 19.2 Å². The van der Waals surface area contributed by atoms with Gasteiger partial charge in [0.15, 0.2) is 0 Å². The standard InChI is InChI=1S/C6H7N3O4/c7-8-3-6(12)13-9-4(10)1-2-5(9)11/h7H,1-3H2/p+1. The molecule has 13 heavy (non-hydrogen) atoms. The molecule has 0 bridgehead atoms. The Morgan fingerprint density at radius 3 is 2.46 bits per heavy atom. The van der Waals surface area contributed by atoms with Gasteiger partial charge in [-0.25, -0.2) is 4.79 Å². The Morgan fingerprint density at radius 2 is 2.00 bits per heavy atom. The maximum atomic E-state index is 10.9. The summed E-state index contributed by atoms with van der Waals surface area (Å²) in [5, 5.41) is 3.46. The average Bonchev–Trinajstić information content (AvgIpc) is 2.36. The largest absolute Gasteiger partial charge is 0.360 e. The fourth-order valence-corrected chi connectivity index (χ4v) is 0.863. The number of hydrogen-bond donors (Lipinski definition) is 1. The summed E-state index contributed by atoms with van der Waals surface area (Å²) in [5.41, 5.74) is 4.71. The smallest absolute Gasteiger partial charge is 0.328 e. The van der Waals surface area contributed by atoms with E-state index >= 15 is 0 Å². The molecule has 1 aliphatic rings. The molecular formula is C6H8N3O4+. The summed E-state index contributed by atoms with van der Waals surface area (Å²) in [6.45, 7) is -0.378. The molecule has 0 aliphatic carbocycles. The van der Waals surface area contributed by atoms with Gasteiger partial charge in [-0.15, -0.1) is 5.06 Å². The quantitative estimate of drug-likeness (QED) is 0.399. The number of amides is 2. The highest BCUT2D eigenvalue weighted by Gasteiger charge is 2.32. The molecule has 0 aromatic rings. The number of nitrogens with zero attached hydrogens (tertiary/aromatic N) is 2. The van der Waals surface area contributed by atoms with Crippen molar-refractivity contribution >= 4 is 17.8 Å². The van der Waals surface area contributed by atoms with Crippen LogP contribution in [0.5, 0.6) is 0 Å². The van der Waals surface area contributed by atoms with Gasteiger partial charge in [-0.05, 0) is 5.11 Å². The van der Waals surface area contributed by atoms with Crippen LogP contribution in [0, 0.1) is 0 Å². The third-order valence-electron chi connectivity index (χ3n) is 1.42. The van der Waals surface area contributed by atoms with Crippen LogP contribution in [0.4, 0.5) is 0 Å². The lowest BCUT2D eigenvalue weighted by atomic mass is 10.4. The van der Waals surface area contributed by atoms with E-state index in [-0.39, 0.29) is 19.4 Å². The lowest BCUT2D eigenvalue weighted by Crippen LogP contribution is -2.34. The van der Waals surface area contributed by atoms with Gasteiger partial charge in [0.1, 0.15) is 0 Å². The van der Waals surface area contributed by atoms with Gasteiger partial charge in [-0.3, -0.25) is 9.59 Å². The second kappa shape index (κ2) is 3.74. The summed E-state index contributed by atoms with van der Waals surface area (Å²) in [6, 6.07) is 0. The maximum absolute atomic E-state index is 10.9. The summed E-state index contributed by atoms with van der Waals surface area (Å²) in [6.07, 6.45) is 0.151. The van der Waals surface area contributed by atoms with E-state index in [2.05, 4.69) is 9.95 Å². The number of hydrogen-bond acceptors (Lipinski definition) is 5. The molecule has 2 amide bonds. The Morgan fingerprint density at radius 1 is 1.46 bits per heavy atom. The fourth-order valence-electron chi connectivity index (χ4n) is 0.863. The Bertz CT molecular complexity index is 259. The van der Waals surface area contributed by atoms with Crippen LogP contribution in [0.2, 0.25) is 0 Å². The summed E-state index contributed by atoms with van der Waals surface area (Å²) in [5.74, 6) is -1.86. The third-order valence-corrected chi connectivity index (χ3v) is 1.42. The van der Waals surface area contributed by atoms with Crippen LogP contribution < -0.4 is 5.53 Å². The first-order valence-electron chi connectivity index (χ1n) is 3.58. The van der Waals surface area contributed by atoms with E-state index in [9.17, 15) is 14.4 Å². The highest BCUT2D eigenvalue weighted by Crippen LogP contribution is 2.11. The first-order valence-corrected chi connectivity index (χ1v) is 3.58. The van der Waals surface area contributed by atoms with Crippen LogP contribution in [0.1, 0.15) is 12.8 Å². The van der Waals surface area contributed by atoms with Crippen LogP contribution in [0.3, 0.4) is 0 Å². The number of rotatable bonds is 3. The number of hydroxylamine groups is 2. The molecule has 0 saturated carbocycles. The van der Waals surface area contributed by atoms with Crippen molar-refractivity contribution in [2.45, 2.75) is 12.8 Å². The van der Waals surface area contributed by atoms with Crippen LogP contribution in [0.15, 0.2) is 5.11 Å². The normalized spacial score (nSPS) is 16.2. The van der Waals surface area contributed by atoms with Crippen molar-refractivity contribution in [2.75, 3.05) is 6.54 Å². The van der Waals surface area contributed by atoms with Gasteiger partial charge in [0.05, 0.1) is 0 Å². The first-order chi connectivity index (χ1) is 6.15. The summed E-state index contributed by atoms with van der Waals surface area (Å²) in [4.78, 5) is 36.9. The molecule has 1 heterocycles. The molecule has 0 atom stereocenters. The van der Waals surface area contributed by atoms with Crippen molar-refractivity contribution in [1.29, 1.82) is 0 Å². The van der Waals surface area contributed by atoms with Crippen molar-refractivity contribution in [2.24, 2.45) is 5.11 Å². The van der Waals surface area contributed by atoms with E-state index in [1.807, 2.05) is 0 Å². The van der Waals surface area contributed by atoms with Crippen molar-refractivity contribution < 1.29 is 24.8 Å². The summed E-state index contributed by atoms with van der Waals surface area (Å²) >= 11 is 0. The zero-order chi connectivity index (χ0) is 9.84. The molecule has 70 valence electrons. The third kappa shape index (κ3) is 2.08. The van der Waals surface area contributed by atoms with Crippen molar-refractivity contribution in [3.8, 4) is 0 Å². The number of imide groups is 1. The molecule has 1 saturated heterocycles. The van der Waals surface area contributed by atoms with Gasteiger partial charge < -0.3 is 4.84 Å². The predicted molar refractivity (Wildman–Crippen MR) is 36.4 cm³/mol. The molecule has 1 fully saturated rings. The SMILES string of the molecule is [NH2+]=NCC(=O)ON1C(=O)CCC1=O. The fraction of sp³-hybridized carbons (Fsp3) is 0.500. The lowest BCUT2D eigenvalue weighted by molar-refractivity contribution is -0.227. The Balaban J connectivity index is 2.52. The maximum Gasteiger partial charge on any atom is 0.360 e. The molecule has 0 spiro atoms. The Kier molecular flexibility index (Phi) is 2.68. The molecule has 0 aromatic heterocycles. The average molecular weight is 186 g/mol. The topological polar surface area (TPSA) is 102 Å². The highest BCUT2D eigenvalue weighted by atomic mass is 16.7. The minimum atomic E-state index is -0.828. The Hall–Kier alpha value is -1.79. The van der Waals surface area contributed by atoms with Gasteiger partial charge in [0.2, 0.25) is 6.54 Å². The van der Waals surface area contributed by atoms with Gasteiger partial charge in [-0.1, -0.05) is 0 Å². The molecule has 0 aromatic carbocycles. The van der Waals surface area contributed by atoms with Crippen molar-refractivity contribution in [1.82, 2.24) is 5.06 Å². The Labute approximate surface area is 73.1 Å². The summed E-state index contributed by atoms with van der Waals surface area (Å²) < 4.78 is 0. The van der Waals surface area contributed by atoms with E-state index < -0.39 is 17.8 Å². The van der Waals surface area contributed by atoms with E-state index in [1.54, 1.807) is 0 Å². The lowest BCUT2D eigenvalue weighted by Gasteiger charge is -2.10. The minimum absolute atomic E-state index is 0.0753. The highest BCUT2D eigenvalue weighted by molar-refractivity contribution is 6.01. The van der Waals surface area contributed by atoms with E-state index in [0.717, 1.165) is 0 Å². The number of carbonyl (C=O) groups excluding carboxylic acids is 3. The van der Waals surface area contributed by atoms with Crippen molar-refractivity contribution in [3.05, 3.63) is 0 Å². The predicted octanol–water partition coefficient (Wildman–Crippen LogP) is -2.20. The van der Waals surface area contributed by atoms with Crippen LogP contribution in [-0.4, -0.2) is 29.4 Å². The minimum Gasteiger partial charge on any atom is -0.328 e. The van der Waals surface area contributed by atoms with Gasteiger partial charge in [0, 0.05) is 12.8 Å². The summed E-state index contributed by atoms with van der Waals surface area (Å²) in [7, 11) is 0. The monoisotopic (exact) mass is 186 g/mol. The van der Waals surface area contributed by atoms with Gasteiger partial charge in [0.25, 0.3) is 11.8 Å². The van der Waals surface area contributed by atoms with Crippen LogP contribution >= 0.6 is 0 Å². The first kappa shape index (κ1) is 9.30. The zero-order valence-electron chi connectivity index (χ0n) is 6.73. The molecular weight excluding hydrogens is 178 g/mol. The number of carbonyl (C=O) groups is 3. The van der Waals surface area contributed by atoms with Gasteiger partial charge in [-0.2, -0.15) is 5.53 Å². The molecule has 2 N–H and O–H groups in total. The second-order valence-electron chi connectivity index (χ2n) is 2.39. The van der Waals surface area contributed by atoms with E-state index in [0.29, 0.717) is 5.06 Å². The van der Waals surface area contributed by atoms with Gasteiger partial charge >= 0.3 is 5.97 Å². The number of nitrogens with two attached hydrogens (primary N) is 1. The second-order valence-corrected chi connectivity index (χ2v) is 2.39. The zero-order valence-corrected chi connectivity index (χ0v) is 6.73. The molecule has 1 aliphatic heterocycles. The van der Waals surface area contributed by atoms with Crippen LogP contribution in [0.25, 0.3) is 0 Å². The molecule has 7 heteroatoms. The molecule has 1 rings (SSSR count). The molecule has 0 unspecified atom stereocenters.